The number of fused-ring (bicyclic) bond motifs is 2. The minimum atomic E-state index is -1.19. The lowest BCUT2D eigenvalue weighted by Gasteiger charge is -2.33. The van der Waals surface area contributed by atoms with E-state index in [0.717, 1.165) is 46.1 Å². The van der Waals surface area contributed by atoms with Gasteiger partial charge in [0.1, 0.15) is 11.3 Å². The second-order valence-electron chi connectivity index (χ2n) is 9.69. The highest BCUT2D eigenvalue weighted by Gasteiger charge is 2.35. The average molecular weight is 485 g/mol. The van der Waals surface area contributed by atoms with Gasteiger partial charge in [0.2, 0.25) is 6.29 Å². The Balaban J connectivity index is 0.00000200. The van der Waals surface area contributed by atoms with Crippen LogP contribution in [0.4, 0.5) is 0 Å². The van der Waals surface area contributed by atoms with E-state index in [4.69, 9.17) is 9.15 Å². The van der Waals surface area contributed by atoms with Crippen molar-refractivity contribution in [1.82, 2.24) is 0 Å². The van der Waals surface area contributed by atoms with Crippen molar-refractivity contribution in [3.05, 3.63) is 116 Å². The molecule has 3 aromatic carbocycles. The van der Waals surface area contributed by atoms with Gasteiger partial charge >= 0.3 is 5.63 Å². The van der Waals surface area contributed by atoms with Crippen molar-refractivity contribution in [3.63, 3.8) is 0 Å². The maximum Gasteiger partial charge on any atom is 0.340 e. The van der Waals surface area contributed by atoms with Crippen LogP contribution >= 0.6 is 0 Å². The predicted octanol–water partition coefficient (Wildman–Crippen LogP) is 7.34. The van der Waals surface area contributed by atoms with Gasteiger partial charge in [-0.1, -0.05) is 55.8 Å². The summed E-state index contributed by atoms with van der Waals surface area (Å²) < 4.78 is 11.9. The third-order valence-electron chi connectivity index (χ3n) is 7.49. The molecular formula is C32H36O4. The topological polar surface area (TPSA) is 59.7 Å². The van der Waals surface area contributed by atoms with Crippen molar-refractivity contribution >= 4 is 16.5 Å². The molecule has 1 aliphatic rings. The van der Waals surface area contributed by atoms with Crippen LogP contribution in [0.15, 0.2) is 75.4 Å². The number of aliphatic hydroxyl groups is 1. The lowest BCUT2D eigenvalue weighted by molar-refractivity contribution is 0.00866. The highest BCUT2D eigenvalue weighted by Crippen LogP contribution is 2.45. The van der Waals surface area contributed by atoms with E-state index in [1.807, 2.05) is 69.3 Å². The third-order valence-corrected chi connectivity index (χ3v) is 7.49. The Morgan fingerprint density at radius 2 is 1.58 bits per heavy atom. The molecule has 5 rings (SSSR count). The van der Waals surface area contributed by atoms with Gasteiger partial charge in [0.05, 0.1) is 5.56 Å². The van der Waals surface area contributed by atoms with E-state index in [2.05, 4.69) is 26.0 Å². The minimum Gasteiger partial charge on any atom is -0.460 e. The summed E-state index contributed by atoms with van der Waals surface area (Å²) in [5.74, 6) is 0.128. The van der Waals surface area contributed by atoms with Gasteiger partial charge in [-0.25, -0.2) is 4.79 Å². The van der Waals surface area contributed by atoms with E-state index in [-0.39, 0.29) is 2.85 Å². The molecule has 1 N–H and O–H groups in total. The van der Waals surface area contributed by atoms with E-state index in [9.17, 15) is 9.90 Å². The molecule has 4 aromatic rings. The Morgan fingerprint density at radius 3 is 2.28 bits per heavy atom. The normalized spacial score (nSPS) is 16.1. The molecule has 2 atom stereocenters. The third kappa shape index (κ3) is 4.06. The van der Waals surface area contributed by atoms with Gasteiger partial charge in [-0.3, -0.25) is 0 Å². The first-order valence-electron chi connectivity index (χ1n) is 12.6. The molecule has 0 bridgehead atoms. The van der Waals surface area contributed by atoms with E-state index >= 15 is 0 Å². The van der Waals surface area contributed by atoms with Gasteiger partial charge < -0.3 is 14.3 Å². The molecule has 188 valence electrons. The lowest BCUT2D eigenvalue weighted by atomic mass is 9.78. The van der Waals surface area contributed by atoms with Crippen LogP contribution in [0.1, 0.15) is 68.5 Å². The van der Waals surface area contributed by atoms with Crippen molar-refractivity contribution in [2.24, 2.45) is 0 Å². The number of ether oxygens (including phenoxy) is 1. The Kier molecular flexibility index (Phi) is 6.31. The maximum atomic E-state index is 13.6. The molecule has 1 aromatic heterocycles. The highest BCUT2D eigenvalue weighted by molar-refractivity contribution is 5.83. The summed E-state index contributed by atoms with van der Waals surface area (Å²) in [6.45, 7) is 10.2. The molecule has 0 radical (unpaired) electrons. The van der Waals surface area contributed by atoms with Crippen molar-refractivity contribution in [3.8, 4) is 5.75 Å². The second-order valence-corrected chi connectivity index (χ2v) is 9.69. The molecule has 0 saturated carbocycles. The smallest absolute Gasteiger partial charge is 0.340 e. The van der Waals surface area contributed by atoms with Crippen LogP contribution < -0.4 is 10.4 Å². The van der Waals surface area contributed by atoms with Crippen LogP contribution in [0.5, 0.6) is 5.75 Å². The summed E-state index contributed by atoms with van der Waals surface area (Å²) in [4.78, 5) is 13.6. The largest absolute Gasteiger partial charge is 0.460 e. The van der Waals surface area contributed by atoms with Crippen LogP contribution in [-0.4, -0.2) is 11.4 Å². The zero-order chi connectivity index (χ0) is 25.6. The number of benzene rings is 3. The molecule has 0 spiro atoms. The van der Waals surface area contributed by atoms with Gasteiger partial charge in [-0.2, -0.15) is 0 Å². The fourth-order valence-corrected chi connectivity index (χ4v) is 5.30. The van der Waals surface area contributed by atoms with Crippen LogP contribution in [0, 0.1) is 13.8 Å². The van der Waals surface area contributed by atoms with Crippen LogP contribution in [0.3, 0.4) is 0 Å². The molecule has 0 amide bonds. The Labute approximate surface area is 214 Å². The summed E-state index contributed by atoms with van der Waals surface area (Å²) in [6.07, 6.45) is 0.596. The van der Waals surface area contributed by atoms with Crippen LogP contribution in [-0.2, 0) is 12.8 Å². The summed E-state index contributed by atoms with van der Waals surface area (Å²) in [6, 6.07) is 20.1. The fraction of sp³-hybridized carbons (Fsp3) is 0.281. The number of aryl methyl sites for hydroxylation is 4. The van der Waals surface area contributed by atoms with E-state index in [1.54, 1.807) is 0 Å². The van der Waals surface area contributed by atoms with Crippen LogP contribution in [0.2, 0.25) is 0 Å². The predicted molar refractivity (Wildman–Crippen MR) is 149 cm³/mol. The van der Waals surface area contributed by atoms with Gasteiger partial charge in [0.15, 0.2) is 0 Å². The first kappa shape index (κ1) is 24.1. The lowest BCUT2D eigenvalue weighted by Crippen LogP contribution is -2.30. The molecule has 0 fully saturated rings. The maximum absolute atomic E-state index is 13.6. The van der Waals surface area contributed by atoms with Crippen LogP contribution in [0.25, 0.3) is 16.5 Å². The quantitative estimate of drug-likeness (QED) is 0.301. The summed E-state index contributed by atoms with van der Waals surface area (Å²) in [7, 11) is 0. The van der Waals surface area contributed by atoms with E-state index < -0.39 is 17.8 Å². The second kappa shape index (κ2) is 9.44. The zero-order valence-corrected chi connectivity index (χ0v) is 21.5. The summed E-state index contributed by atoms with van der Waals surface area (Å²) in [5, 5.41) is 12.2. The van der Waals surface area contributed by atoms with Gasteiger partial charge in [-0.15, -0.1) is 0 Å². The van der Waals surface area contributed by atoms with Crippen molar-refractivity contribution in [2.45, 2.75) is 59.7 Å². The molecule has 2 unspecified atom stereocenters. The molecule has 4 heteroatoms. The van der Waals surface area contributed by atoms with Crippen molar-refractivity contribution in [1.29, 1.82) is 0 Å². The van der Waals surface area contributed by atoms with Gasteiger partial charge in [0, 0.05) is 25.3 Å². The Hall–Kier alpha value is -3.63. The Bertz CT molecular complexity index is 1550. The zero-order valence-electron chi connectivity index (χ0n) is 21.5. The van der Waals surface area contributed by atoms with Crippen molar-refractivity contribution in [2.75, 3.05) is 0 Å². The minimum absolute atomic E-state index is 0. The monoisotopic (exact) mass is 484 g/mol. The molecule has 0 aliphatic carbocycles. The summed E-state index contributed by atoms with van der Waals surface area (Å²) in [5.41, 5.74) is 8.51. The van der Waals surface area contributed by atoms with Crippen molar-refractivity contribution < 1.29 is 17.1 Å². The standard InChI is InChI=1S/C32H32O4.2H2/c1-6-21-10-14-26-24(16-21)19(4)28(31(33)35-26)30(23-12-8-18(3)9-13-23)29-20(5)25-17-22(7-2)11-15-27(25)36-32(29)34;;/h8-17,30-31,33H,6-7H2,1-5H3;2*1H. The molecule has 0 saturated heterocycles. The molecule has 36 heavy (non-hydrogen) atoms. The Morgan fingerprint density at radius 1 is 0.917 bits per heavy atom. The number of hydrogen-bond donors (Lipinski definition) is 1. The molecule has 2 heterocycles. The van der Waals surface area contributed by atoms with E-state index in [0.29, 0.717) is 22.5 Å². The van der Waals surface area contributed by atoms with Gasteiger partial charge in [-0.05, 0) is 85.7 Å². The SMILES string of the molecule is CCc1ccc2c(c1)C(C)=C(C(c1ccc(C)cc1)c1c(C)c3cc(CC)ccc3oc1=O)C(O)O2.[HH].[HH]. The molecular weight excluding hydrogens is 448 g/mol. The number of hydrogen-bond acceptors (Lipinski definition) is 4. The van der Waals surface area contributed by atoms with E-state index in [1.165, 1.54) is 11.1 Å². The van der Waals surface area contributed by atoms with Gasteiger partial charge in [0.25, 0.3) is 0 Å². The average Bonchev–Trinajstić information content (AvgIpc) is 2.88. The number of allylic oxidation sites excluding steroid dienone is 1. The summed E-state index contributed by atoms with van der Waals surface area (Å²) >= 11 is 0. The first-order chi connectivity index (χ1) is 17.3. The number of aliphatic hydroxyl groups excluding tert-OH is 1. The number of rotatable bonds is 5. The molecule has 4 nitrogen and oxygen atoms in total. The molecule has 1 aliphatic heterocycles. The first-order valence-corrected chi connectivity index (χ1v) is 12.6. The fourth-order valence-electron chi connectivity index (χ4n) is 5.30. The highest BCUT2D eigenvalue weighted by atomic mass is 16.6.